The first kappa shape index (κ1) is 13.7. The van der Waals surface area contributed by atoms with Crippen LogP contribution in [0, 0.1) is 0 Å². The summed E-state index contributed by atoms with van der Waals surface area (Å²) < 4.78 is 11.0. The van der Waals surface area contributed by atoms with E-state index in [1.54, 1.807) is 0 Å². The average molecular weight is 276 g/mol. The van der Waals surface area contributed by atoms with Crippen molar-refractivity contribution in [2.24, 2.45) is 0 Å². The summed E-state index contributed by atoms with van der Waals surface area (Å²) in [6.07, 6.45) is 0. The van der Waals surface area contributed by atoms with Crippen LogP contribution < -0.4 is 0 Å². The highest BCUT2D eigenvalue weighted by Crippen LogP contribution is 2.23. The minimum atomic E-state index is -1.47. The second-order valence-corrected chi connectivity index (χ2v) is 6.94. The molecule has 0 heterocycles. The lowest BCUT2D eigenvalue weighted by molar-refractivity contribution is -0.139. The Morgan fingerprint density at radius 2 is 1.79 bits per heavy atom. The van der Waals surface area contributed by atoms with E-state index in [2.05, 4.69) is 0 Å². The molecule has 1 atom stereocenters. The maximum absolute atomic E-state index is 12.2. The van der Waals surface area contributed by atoms with Gasteiger partial charge in [-0.3, -0.25) is 9.00 Å². The van der Waals surface area contributed by atoms with Crippen LogP contribution in [0.2, 0.25) is 0 Å². The fourth-order valence-corrected chi connectivity index (χ4v) is 2.93. The predicted octanol–water partition coefficient (Wildman–Crippen LogP) is 2.95. The number of carboxylic acids is 1. The summed E-state index contributed by atoms with van der Waals surface area (Å²) in [6.45, 7) is 2.99. The molecule has 4 heteroatoms. The molecule has 0 saturated heterocycles. The van der Waals surface area contributed by atoms with E-state index in [1.807, 2.05) is 42.5 Å². The van der Waals surface area contributed by atoms with Crippen LogP contribution in [0.1, 0.15) is 19.4 Å². The first-order chi connectivity index (χ1) is 8.93. The van der Waals surface area contributed by atoms with Crippen LogP contribution in [0.25, 0.3) is 10.8 Å². The number of hydrogen-bond acceptors (Lipinski definition) is 2. The van der Waals surface area contributed by atoms with Gasteiger partial charge in [0.1, 0.15) is 4.75 Å². The fraction of sp³-hybridized carbons (Fsp3) is 0.267. The highest BCUT2D eigenvalue weighted by Gasteiger charge is 2.34. The van der Waals surface area contributed by atoms with E-state index in [0.29, 0.717) is 0 Å². The van der Waals surface area contributed by atoms with Crippen molar-refractivity contribution in [1.29, 1.82) is 0 Å². The Morgan fingerprint density at radius 3 is 2.47 bits per heavy atom. The molecule has 0 aromatic heterocycles. The molecule has 0 aliphatic heterocycles. The third-order valence-electron chi connectivity index (χ3n) is 3.25. The first-order valence-corrected chi connectivity index (χ1v) is 7.33. The van der Waals surface area contributed by atoms with E-state index in [1.165, 1.54) is 13.8 Å². The molecule has 0 aliphatic carbocycles. The van der Waals surface area contributed by atoms with Crippen molar-refractivity contribution in [3.8, 4) is 0 Å². The van der Waals surface area contributed by atoms with Gasteiger partial charge in [0.05, 0.1) is 5.75 Å². The predicted molar refractivity (Wildman–Crippen MR) is 77.5 cm³/mol. The zero-order valence-corrected chi connectivity index (χ0v) is 11.7. The van der Waals surface area contributed by atoms with Gasteiger partial charge < -0.3 is 5.11 Å². The van der Waals surface area contributed by atoms with Crippen molar-refractivity contribution in [3.63, 3.8) is 0 Å². The van der Waals surface area contributed by atoms with Crippen LogP contribution in [0.15, 0.2) is 42.5 Å². The summed E-state index contributed by atoms with van der Waals surface area (Å²) in [5.74, 6) is -0.785. The molecule has 0 saturated carbocycles. The summed E-state index contributed by atoms with van der Waals surface area (Å²) >= 11 is 0. The third kappa shape index (κ3) is 2.68. The van der Waals surface area contributed by atoms with Crippen molar-refractivity contribution < 1.29 is 14.1 Å². The highest BCUT2D eigenvalue weighted by molar-refractivity contribution is 7.86. The Hall–Kier alpha value is -1.68. The number of carboxylic acid groups (broad SMARTS) is 1. The number of aliphatic carboxylic acids is 1. The van der Waals surface area contributed by atoms with E-state index in [4.69, 9.17) is 5.11 Å². The maximum Gasteiger partial charge on any atom is 0.321 e. The molecule has 0 spiro atoms. The van der Waals surface area contributed by atoms with Crippen molar-refractivity contribution in [1.82, 2.24) is 0 Å². The van der Waals surface area contributed by atoms with Crippen molar-refractivity contribution in [2.45, 2.75) is 24.3 Å². The molecule has 0 aliphatic rings. The Kier molecular flexibility index (Phi) is 3.71. The molecule has 0 amide bonds. The molecular formula is C15H16O3S. The van der Waals surface area contributed by atoms with Crippen LogP contribution in [-0.4, -0.2) is 20.0 Å². The van der Waals surface area contributed by atoms with Gasteiger partial charge in [0.25, 0.3) is 0 Å². The fourth-order valence-electron chi connectivity index (χ4n) is 1.84. The van der Waals surface area contributed by atoms with Gasteiger partial charge in [0.15, 0.2) is 0 Å². The van der Waals surface area contributed by atoms with Crippen molar-refractivity contribution >= 4 is 27.5 Å². The van der Waals surface area contributed by atoms with Crippen molar-refractivity contribution in [2.75, 3.05) is 0 Å². The number of fused-ring (bicyclic) bond motifs is 1. The maximum atomic E-state index is 12.2. The molecule has 1 unspecified atom stereocenters. The molecular weight excluding hydrogens is 260 g/mol. The normalized spacial score (nSPS) is 13.4. The van der Waals surface area contributed by atoms with E-state index >= 15 is 0 Å². The van der Waals surface area contributed by atoms with Crippen LogP contribution in [0.3, 0.4) is 0 Å². The monoisotopic (exact) mass is 276 g/mol. The lowest BCUT2D eigenvalue weighted by Crippen LogP contribution is -2.37. The standard InChI is InChI=1S/C15H16O3S/c1-15(2,14(16)17)19(18)10-12-8-5-7-11-6-3-4-9-13(11)12/h3-9H,10H2,1-2H3,(H,16,17). The second-order valence-electron chi connectivity index (χ2n) is 4.94. The van der Waals surface area contributed by atoms with E-state index < -0.39 is 21.5 Å². The molecule has 1 N–H and O–H groups in total. The molecule has 3 nitrogen and oxygen atoms in total. The largest absolute Gasteiger partial charge is 0.480 e. The summed E-state index contributed by atoms with van der Waals surface area (Å²) in [5.41, 5.74) is 0.922. The number of hydrogen-bond donors (Lipinski definition) is 1. The molecule has 100 valence electrons. The Bertz CT molecular complexity index is 641. The third-order valence-corrected chi connectivity index (χ3v) is 5.14. The summed E-state index contributed by atoms with van der Waals surface area (Å²) in [5, 5.41) is 11.2. The molecule has 2 rings (SSSR count). The average Bonchev–Trinajstić information content (AvgIpc) is 2.39. The zero-order valence-electron chi connectivity index (χ0n) is 10.9. The summed E-state index contributed by atoms with van der Waals surface area (Å²) in [4.78, 5) is 11.1. The van der Waals surface area contributed by atoms with Crippen molar-refractivity contribution in [3.05, 3.63) is 48.0 Å². The second kappa shape index (κ2) is 5.13. The Morgan fingerprint density at radius 1 is 1.16 bits per heavy atom. The van der Waals surface area contributed by atoms with Gasteiger partial charge in [-0.15, -0.1) is 0 Å². The molecule has 0 bridgehead atoms. The molecule has 0 radical (unpaired) electrons. The van der Waals surface area contributed by atoms with Gasteiger partial charge in [0, 0.05) is 10.8 Å². The SMILES string of the molecule is CC(C)(C(=O)O)S(=O)Cc1cccc2ccccc12. The summed E-state index contributed by atoms with van der Waals surface area (Å²) in [7, 11) is -1.47. The highest BCUT2D eigenvalue weighted by atomic mass is 32.2. The van der Waals surface area contributed by atoms with E-state index in [-0.39, 0.29) is 5.75 Å². The number of rotatable bonds is 4. The number of carbonyl (C=O) groups is 1. The lowest BCUT2D eigenvalue weighted by Gasteiger charge is -2.19. The van der Waals surface area contributed by atoms with Gasteiger partial charge in [-0.05, 0) is 30.2 Å². The van der Waals surface area contributed by atoms with Gasteiger partial charge in [-0.25, -0.2) is 0 Å². The van der Waals surface area contributed by atoms with Gasteiger partial charge >= 0.3 is 5.97 Å². The Balaban J connectivity index is 2.37. The smallest absolute Gasteiger partial charge is 0.321 e. The lowest BCUT2D eigenvalue weighted by atomic mass is 10.1. The van der Waals surface area contributed by atoms with Crippen LogP contribution in [0.4, 0.5) is 0 Å². The van der Waals surface area contributed by atoms with Gasteiger partial charge in [-0.2, -0.15) is 0 Å². The van der Waals surface area contributed by atoms with Crippen LogP contribution >= 0.6 is 0 Å². The minimum Gasteiger partial charge on any atom is -0.480 e. The number of benzene rings is 2. The molecule has 19 heavy (non-hydrogen) atoms. The first-order valence-electron chi connectivity index (χ1n) is 6.01. The minimum absolute atomic E-state index is 0.251. The van der Waals surface area contributed by atoms with Gasteiger partial charge in [-0.1, -0.05) is 42.5 Å². The molecule has 2 aromatic rings. The van der Waals surface area contributed by atoms with E-state index in [0.717, 1.165) is 16.3 Å². The Labute approximate surface area is 114 Å². The quantitative estimate of drug-likeness (QED) is 0.934. The van der Waals surface area contributed by atoms with E-state index in [9.17, 15) is 9.00 Å². The summed E-state index contributed by atoms with van der Waals surface area (Å²) in [6, 6.07) is 13.6. The molecule has 2 aromatic carbocycles. The topological polar surface area (TPSA) is 54.4 Å². The zero-order chi connectivity index (χ0) is 14.0. The molecule has 0 fully saturated rings. The van der Waals surface area contributed by atoms with Gasteiger partial charge in [0.2, 0.25) is 0 Å². The van der Waals surface area contributed by atoms with Crippen LogP contribution in [0.5, 0.6) is 0 Å². The van der Waals surface area contributed by atoms with Crippen LogP contribution in [-0.2, 0) is 21.3 Å².